The first-order valence-electron chi connectivity index (χ1n) is 9.23. The maximum absolute atomic E-state index is 13.2. The first-order chi connectivity index (χ1) is 15.3. The van der Waals surface area contributed by atoms with E-state index >= 15 is 0 Å². The number of nitrogens with zero attached hydrogens (tertiary/aromatic N) is 3. The molecule has 0 bridgehead atoms. The molecule has 4 aromatic rings. The van der Waals surface area contributed by atoms with Crippen molar-refractivity contribution in [1.82, 2.24) is 10.1 Å². The molecule has 0 fully saturated rings. The van der Waals surface area contributed by atoms with Gasteiger partial charge in [-0.2, -0.15) is 4.98 Å². The average Bonchev–Trinajstić information content (AvgIpc) is 3.48. The monoisotopic (exact) mass is 475 g/mol. The number of halogens is 1. The summed E-state index contributed by atoms with van der Waals surface area (Å²) >= 11 is 1.16. The Morgan fingerprint density at radius 3 is 2.50 bits per heavy atom. The van der Waals surface area contributed by atoms with Gasteiger partial charge in [0, 0.05) is 13.1 Å². The number of hydrogen-bond acceptors (Lipinski definition) is 8. The molecule has 2 aromatic heterocycles. The number of aromatic nitrogens is 2. The molecule has 0 aliphatic heterocycles. The second-order valence-electron chi connectivity index (χ2n) is 6.55. The van der Waals surface area contributed by atoms with Gasteiger partial charge < -0.3 is 14.0 Å². The zero-order valence-corrected chi connectivity index (χ0v) is 18.9. The molecule has 4 rings (SSSR count). The maximum Gasteiger partial charge on any atom is 0.269 e. The molecule has 0 unspecified atom stereocenters. The van der Waals surface area contributed by atoms with E-state index in [1.165, 1.54) is 44.5 Å². The summed E-state index contributed by atoms with van der Waals surface area (Å²) in [6, 6.07) is 11.8. The largest absolute Gasteiger partial charge is 0.497 e. The van der Waals surface area contributed by atoms with Crippen LogP contribution in [0.2, 0.25) is 0 Å². The Hall–Kier alpha value is -3.44. The van der Waals surface area contributed by atoms with Crippen molar-refractivity contribution >= 4 is 27.0 Å². The molecule has 0 aliphatic rings. The van der Waals surface area contributed by atoms with Crippen LogP contribution in [0.25, 0.3) is 22.2 Å². The van der Waals surface area contributed by atoms with Crippen LogP contribution in [0.15, 0.2) is 63.3 Å². The molecule has 0 saturated carbocycles. The highest BCUT2D eigenvalue weighted by Crippen LogP contribution is 2.37. The molecule has 8 nitrogen and oxygen atoms in total. The number of methoxy groups -OCH3 is 2. The minimum atomic E-state index is -3.97. The molecule has 0 saturated heterocycles. The SMILES string of the molecule is COc1ccc(-c2noc(-c3sccc3S(=O)(=O)N(C)c3ccc(F)cc3)n2)c(OC)c1. The fourth-order valence-electron chi connectivity index (χ4n) is 3.00. The van der Waals surface area contributed by atoms with Crippen LogP contribution in [0.1, 0.15) is 0 Å². The fourth-order valence-corrected chi connectivity index (χ4v) is 5.51. The highest BCUT2D eigenvalue weighted by atomic mass is 32.2. The van der Waals surface area contributed by atoms with Crippen molar-refractivity contribution in [2.24, 2.45) is 0 Å². The molecule has 0 spiro atoms. The van der Waals surface area contributed by atoms with Crippen LogP contribution < -0.4 is 13.8 Å². The van der Waals surface area contributed by atoms with Gasteiger partial charge in [0.05, 0.1) is 25.5 Å². The number of benzene rings is 2. The van der Waals surface area contributed by atoms with Crippen LogP contribution in [0.5, 0.6) is 11.5 Å². The first-order valence-corrected chi connectivity index (χ1v) is 11.6. The Labute approximate surface area is 187 Å². The summed E-state index contributed by atoms with van der Waals surface area (Å²) in [4.78, 5) is 4.69. The first kappa shape index (κ1) is 21.8. The molecule has 2 aromatic carbocycles. The summed E-state index contributed by atoms with van der Waals surface area (Å²) in [7, 11) is 0.482. The van der Waals surface area contributed by atoms with E-state index in [2.05, 4.69) is 10.1 Å². The van der Waals surface area contributed by atoms with Crippen LogP contribution in [0.3, 0.4) is 0 Å². The number of sulfonamides is 1. The smallest absolute Gasteiger partial charge is 0.269 e. The molecule has 0 amide bonds. The van der Waals surface area contributed by atoms with Crippen LogP contribution in [-0.2, 0) is 10.0 Å². The summed E-state index contributed by atoms with van der Waals surface area (Å²) in [5.41, 5.74) is 0.880. The number of anilines is 1. The van der Waals surface area contributed by atoms with Crippen molar-refractivity contribution in [2.45, 2.75) is 4.90 Å². The van der Waals surface area contributed by atoms with Gasteiger partial charge in [-0.05, 0) is 47.8 Å². The summed E-state index contributed by atoms with van der Waals surface area (Å²) < 4.78 is 56.7. The summed E-state index contributed by atoms with van der Waals surface area (Å²) in [6.45, 7) is 0. The lowest BCUT2D eigenvalue weighted by molar-refractivity contribution is 0.394. The molecule has 2 heterocycles. The third kappa shape index (κ3) is 3.92. The van der Waals surface area contributed by atoms with E-state index in [0.717, 1.165) is 15.6 Å². The van der Waals surface area contributed by atoms with Gasteiger partial charge in [0.2, 0.25) is 5.82 Å². The normalized spacial score (nSPS) is 11.4. The lowest BCUT2D eigenvalue weighted by Gasteiger charge is -2.19. The highest BCUT2D eigenvalue weighted by Gasteiger charge is 2.29. The van der Waals surface area contributed by atoms with Crippen molar-refractivity contribution in [1.29, 1.82) is 0 Å². The molecule has 166 valence electrons. The lowest BCUT2D eigenvalue weighted by atomic mass is 10.2. The molecular formula is C21H18FN3O5S2. The second-order valence-corrected chi connectivity index (χ2v) is 9.41. The molecule has 0 atom stereocenters. The molecule has 0 N–H and O–H groups in total. The topological polar surface area (TPSA) is 94.8 Å². The van der Waals surface area contributed by atoms with E-state index in [1.54, 1.807) is 30.7 Å². The number of hydrogen-bond donors (Lipinski definition) is 0. The summed E-state index contributed by atoms with van der Waals surface area (Å²) in [5.74, 6) is 0.918. The summed E-state index contributed by atoms with van der Waals surface area (Å²) in [5, 5.41) is 5.62. The van der Waals surface area contributed by atoms with E-state index in [1.807, 2.05) is 0 Å². The van der Waals surface area contributed by atoms with Crippen LogP contribution >= 0.6 is 11.3 Å². The average molecular weight is 476 g/mol. The lowest BCUT2D eigenvalue weighted by Crippen LogP contribution is -2.26. The van der Waals surface area contributed by atoms with Gasteiger partial charge in [0.15, 0.2) is 0 Å². The van der Waals surface area contributed by atoms with Crippen molar-refractivity contribution in [3.05, 3.63) is 59.7 Å². The van der Waals surface area contributed by atoms with Gasteiger partial charge in [-0.3, -0.25) is 4.31 Å². The summed E-state index contributed by atoms with van der Waals surface area (Å²) in [6.07, 6.45) is 0. The molecular weight excluding hydrogens is 457 g/mol. The Morgan fingerprint density at radius 2 is 1.81 bits per heavy atom. The van der Waals surface area contributed by atoms with Crippen molar-refractivity contribution < 1.29 is 26.8 Å². The third-order valence-corrected chi connectivity index (χ3v) is 7.59. The third-order valence-electron chi connectivity index (χ3n) is 4.73. The zero-order chi connectivity index (χ0) is 22.9. The predicted molar refractivity (Wildman–Crippen MR) is 118 cm³/mol. The van der Waals surface area contributed by atoms with Crippen molar-refractivity contribution in [3.8, 4) is 33.7 Å². The van der Waals surface area contributed by atoms with Crippen molar-refractivity contribution in [2.75, 3.05) is 25.6 Å². The van der Waals surface area contributed by atoms with E-state index in [0.29, 0.717) is 27.6 Å². The van der Waals surface area contributed by atoms with Gasteiger partial charge in [-0.1, -0.05) is 5.16 Å². The predicted octanol–water partition coefficient (Wildman–Crippen LogP) is 4.45. The Morgan fingerprint density at radius 1 is 1.06 bits per heavy atom. The minimum absolute atomic E-state index is 0.00576. The van der Waals surface area contributed by atoms with E-state index < -0.39 is 15.8 Å². The number of rotatable bonds is 7. The fraction of sp³-hybridized carbons (Fsp3) is 0.143. The van der Waals surface area contributed by atoms with Gasteiger partial charge in [0.1, 0.15) is 27.1 Å². The maximum atomic E-state index is 13.2. The standard InChI is InChI=1S/C21H18FN3O5S2/c1-25(14-6-4-13(22)5-7-14)32(26,27)18-10-11-31-19(18)21-23-20(24-30-21)16-9-8-15(28-2)12-17(16)29-3/h4-12H,1-3H3. The van der Waals surface area contributed by atoms with E-state index in [-0.39, 0.29) is 16.6 Å². The van der Waals surface area contributed by atoms with Crippen LogP contribution in [-0.4, -0.2) is 39.8 Å². The Bertz CT molecular complexity index is 1350. The van der Waals surface area contributed by atoms with E-state index in [4.69, 9.17) is 14.0 Å². The number of ether oxygens (including phenoxy) is 2. The molecule has 0 radical (unpaired) electrons. The zero-order valence-electron chi connectivity index (χ0n) is 17.3. The van der Waals surface area contributed by atoms with Gasteiger partial charge >= 0.3 is 0 Å². The second kappa shape index (κ2) is 8.60. The van der Waals surface area contributed by atoms with Crippen LogP contribution in [0.4, 0.5) is 10.1 Å². The van der Waals surface area contributed by atoms with Crippen LogP contribution in [0, 0.1) is 5.82 Å². The van der Waals surface area contributed by atoms with Gasteiger partial charge in [-0.25, -0.2) is 12.8 Å². The Kier molecular flexibility index (Phi) is 5.85. The molecule has 11 heteroatoms. The quantitative estimate of drug-likeness (QED) is 0.390. The van der Waals surface area contributed by atoms with Crippen molar-refractivity contribution in [3.63, 3.8) is 0 Å². The van der Waals surface area contributed by atoms with Gasteiger partial charge in [-0.15, -0.1) is 11.3 Å². The molecule has 0 aliphatic carbocycles. The number of thiophene rings is 1. The van der Waals surface area contributed by atoms with E-state index in [9.17, 15) is 12.8 Å². The molecule has 32 heavy (non-hydrogen) atoms. The highest BCUT2D eigenvalue weighted by molar-refractivity contribution is 7.93. The minimum Gasteiger partial charge on any atom is -0.497 e. The van der Waals surface area contributed by atoms with Gasteiger partial charge in [0.25, 0.3) is 15.9 Å². The Balaban J connectivity index is 1.71.